The summed E-state index contributed by atoms with van der Waals surface area (Å²) in [5, 5.41) is 5.06. The normalized spacial score (nSPS) is 17.5. The topological polar surface area (TPSA) is 39.4 Å². The molecule has 0 spiro atoms. The van der Waals surface area contributed by atoms with Gasteiger partial charge in [0.25, 0.3) is 0 Å². The van der Waals surface area contributed by atoms with E-state index in [4.69, 9.17) is 16.3 Å². The molecule has 0 atom stereocenters. The number of hydrogen-bond donors (Lipinski definition) is 0. The van der Waals surface area contributed by atoms with Crippen molar-refractivity contribution < 1.29 is 4.74 Å². The van der Waals surface area contributed by atoms with Crippen molar-refractivity contribution in [2.75, 3.05) is 13.2 Å². The minimum absolute atomic E-state index is 0.394. The van der Waals surface area contributed by atoms with E-state index < -0.39 is 0 Å². The van der Waals surface area contributed by atoms with E-state index in [1.54, 1.807) is 0 Å². The minimum atomic E-state index is 0.394. The van der Waals surface area contributed by atoms with Gasteiger partial charge < -0.3 is 4.74 Å². The lowest BCUT2D eigenvalue weighted by Crippen LogP contribution is -2.17. The molecule has 1 aliphatic heterocycles. The first-order chi connectivity index (χ1) is 9.16. The van der Waals surface area contributed by atoms with Crippen molar-refractivity contribution in [2.45, 2.75) is 38.5 Å². The van der Waals surface area contributed by atoms with Crippen LogP contribution in [0.4, 0.5) is 0 Å². The molecule has 0 aromatic carbocycles. The highest BCUT2D eigenvalue weighted by Crippen LogP contribution is 2.30. The second kappa shape index (κ2) is 5.10. The first kappa shape index (κ1) is 12.9. The van der Waals surface area contributed by atoms with Crippen LogP contribution in [-0.2, 0) is 4.74 Å². The van der Waals surface area contributed by atoms with Gasteiger partial charge in [0.15, 0.2) is 5.65 Å². The molecule has 0 aliphatic carbocycles. The van der Waals surface area contributed by atoms with Crippen molar-refractivity contribution >= 4 is 17.2 Å². The summed E-state index contributed by atoms with van der Waals surface area (Å²) in [5.41, 5.74) is 3.20. The Kier molecular flexibility index (Phi) is 3.46. The smallest absolute Gasteiger partial charge is 0.160 e. The third kappa shape index (κ3) is 2.35. The molecule has 2 aromatic heterocycles. The Morgan fingerprint density at radius 1 is 1.37 bits per heavy atom. The summed E-state index contributed by atoms with van der Waals surface area (Å²) in [4.78, 5) is 4.45. The summed E-state index contributed by atoms with van der Waals surface area (Å²) in [6.07, 6.45) is 3.95. The van der Waals surface area contributed by atoms with E-state index >= 15 is 0 Å². The molecule has 102 valence electrons. The monoisotopic (exact) mass is 279 g/mol. The lowest BCUT2D eigenvalue weighted by atomic mass is 9.96. The van der Waals surface area contributed by atoms with Crippen molar-refractivity contribution in [3.05, 3.63) is 28.7 Å². The number of halogens is 1. The maximum Gasteiger partial charge on any atom is 0.160 e. The van der Waals surface area contributed by atoms with Crippen LogP contribution in [0.2, 0.25) is 5.15 Å². The summed E-state index contributed by atoms with van der Waals surface area (Å²) in [6, 6.07) is 1.95. The van der Waals surface area contributed by atoms with E-state index in [-0.39, 0.29) is 0 Å². The number of nitrogens with zero attached hydrogens (tertiary/aromatic N) is 3. The molecule has 0 saturated carbocycles. The number of aromatic nitrogens is 3. The summed E-state index contributed by atoms with van der Waals surface area (Å²) in [6.45, 7) is 5.91. The molecule has 1 aliphatic rings. The van der Waals surface area contributed by atoms with Crippen LogP contribution in [0.15, 0.2) is 12.3 Å². The van der Waals surface area contributed by atoms with Crippen LogP contribution in [0.25, 0.3) is 5.65 Å². The second-order valence-electron chi connectivity index (χ2n) is 5.38. The zero-order chi connectivity index (χ0) is 13.4. The van der Waals surface area contributed by atoms with E-state index in [0.717, 1.165) is 43.0 Å². The van der Waals surface area contributed by atoms with Gasteiger partial charge in [-0.1, -0.05) is 25.4 Å². The zero-order valence-electron chi connectivity index (χ0n) is 11.3. The Morgan fingerprint density at radius 2 is 2.11 bits per heavy atom. The Morgan fingerprint density at radius 3 is 2.79 bits per heavy atom. The molecule has 0 bridgehead atoms. The van der Waals surface area contributed by atoms with Gasteiger partial charge in [0.2, 0.25) is 0 Å². The van der Waals surface area contributed by atoms with Crippen LogP contribution in [0.3, 0.4) is 0 Å². The Bertz CT molecular complexity index is 588. The van der Waals surface area contributed by atoms with Crippen molar-refractivity contribution in [3.8, 4) is 0 Å². The lowest BCUT2D eigenvalue weighted by Gasteiger charge is -2.22. The van der Waals surface area contributed by atoms with Crippen molar-refractivity contribution in [1.29, 1.82) is 0 Å². The summed E-state index contributed by atoms with van der Waals surface area (Å²) < 4.78 is 7.38. The molecule has 0 radical (unpaired) electrons. The summed E-state index contributed by atoms with van der Waals surface area (Å²) >= 11 is 6.19. The number of fused-ring (bicyclic) bond motifs is 1. The quantitative estimate of drug-likeness (QED) is 0.791. The van der Waals surface area contributed by atoms with E-state index in [9.17, 15) is 0 Å². The van der Waals surface area contributed by atoms with Gasteiger partial charge in [-0.3, -0.25) is 0 Å². The van der Waals surface area contributed by atoms with E-state index in [0.29, 0.717) is 17.0 Å². The second-order valence-corrected chi connectivity index (χ2v) is 5.77. The predicted molar refractivity (Wildman–Crippen MR) is 74.9 cm³/mol. The molecule has 1 fully saturated rings. The van der Waals surface area contributed by atoms with Crippen LogP contribution in [0.1, 0.15) is 49.8 Å². The van der Waals surface area contributed by atoms with Gasteiger partial charge in [-0.15, -0.1) is 0 Å². The van der Waals surface area contributed by atoms with E-state index in [1.807, 2.05) is 16.8 Å². The Labute approximate surface area is 117 Å². The summed E-state index contributed by atoms with van der Waals surface area (Å²) in [5.74, 6) is 0.850. The lowest BCUT2D eigenvalue weighted by molar-refractivity contribution is 0.0840. The number of hydrogen-bond acceptors (Lipinski definition) is 3. The van der Waals surface area contributed by atoms with Gasteiger partial charge in [-0.25, -0.2) is 9.50 Å². The Balaban J connectivity index is 2.13. The predicted octanol–water partition coefficient (Wildman–Crippen LogP) is 3.40. The van der Waals surface area contributed by atoms with Gasteiger partial charge in [-0.05, 0) is 24.8 Å². The third-order valence-corrected chi connectivity index (χ3v) is 3.95. The SMILES string of the molecule is CC(C)c1cnn2c(C3CCOCC3)cc(Cl)nc12. The molecule has 0 unspecified atom stereocenters. The molecule has 4 nitrogen and oxygen atoms in total. The molecule has 3 heterocycles. The highest BCUT2D eigenvalue weighted by molar-refractivity contribution is 6.29. The van der Waals surface area contributed by atoms with Crippen LogP contribution < -0.4 is 0 Å². The third-order valence-electron chi connectivity index (χ3n) is 3.76. The number of ether oxygens (including phenoxy) is 1. The molecule has 3 rings (SSSR count). The molecule has 5 heteroatoms. The molecular formula is C14H18ClN3O. The van der Waals surface area contributed by atoms with Gasteiger partial charge in [0, 0.05) is 24.7 Å². The first-order valence-corrected chi connectivity index (χ1v) is 7.16. The fourth-order valence-corrected chi connectivity index (χ4v) is 2.86. The zero-order valence-corrected chi connectivity index (χ0v) is 12.0. The van der Waals surface area contributed by atoms with Gasteiger partial charge in [-0.2, -0.15) is 5.10 Å². The van der Waals surface area contributed by atoms with Crippen LogP contribution in [-0.4, -0.2) is 27.8 Å². The van der Waals surface area contributed by atoms with Crippen LogP contribution >= 0.6 is 11.6 Å². The average molecular weight is 280 g/mol. The van der Waals surface area contributed by atoms with E-state index in [1.165, 1.54) is 0 Å². The maximum atomic E-state index is 6.19. The van der Waals surface area contributed by atoms with Crippen molar-refractivity contribution in [2.24, 2.45) is 0 Å². The molecule has 0 N–H and O–H groups in total. The number of rotatable bonds is 2. The minimum Gasteiger partial charge on any atom is -0.381 e. The van der Waals surface area contributed by atoms with Crippen LogP contribution in [0, 0.1) is 0 Å². The molecule has 2 aromatic rings. The maximum absolute atomic E-state index is 6.19. The fraction of sp³-hybridized carbons (Fsp3) is 0.571. The molecule has 1 saturated heterocycles. The molecule has 0 amide bonds. The van der Waals surface area contributed by atoms with Crippen molar-refractivity contribution in [1.82, 2.24) is 14.6 Å². The van der Waals surface area contributed by atoms with E-state index in [2.05, 4.69) is 23.9 Å². The molecule has 19 heavy (non-hydrogen) atoms. The highest BCUT2D eigenvalue weighted by Gasteiger charge is 2.21. The highest BCUT2D eigenvalue weighted by atomic mass is 35.5. The standard InChI is InChI=1S/C14H18ClN3O/c1-9(2)11-8-16-18-12(7-13(15)17-14(11)18)10-3-5-19-6-4-10/h7-10H,3-6H2,1-2H3. The average Bonchev–Trinajstić information content (AvgIpc) is 2.82. The van der Waals surface area contributed by atoms with Gasteiger partial charge in [0.1, 0.15) is 5.15 Å². The first-order valence-electron chi connectivity index (χ1n) is 6.78. The van der Waals surface area contributed by atoms with Crippen LogP contribution in [0.5, 0.6) is 0 Å². The van der Waals surface area contributed by atoms with Gasteiger partial charge >= 0.3 is 0 Å². The summed E-state index contributed by atoms with van der Waals surface area (Å²) in [7, 11) is 0. The largest absolute Gasteiger partial charge is 0.381 e. The van der Waals surface area contributed by atoms with Gasteiger partial charge in [0.05, 0.1) is 11.9 Å². The fourth-order valence-electron chi connectivity index (χ4n) is 2.66. The van der Waals surface area contributed by atoms with Crippen molar-refractivity contribution in [3.63, 3.8) is 0 Å². The Hall–Kier alpha value is -1.13. The molecular weight excluding hydrogens is 262 g/mol.